The maximum atomic E-state index is 13.6. The lowest BCUT2D eigenvalue weighted by atomic mass is 10.0. The molecule has 0 unspecified atom stereocenters. The standard InChI is InChI=1S/C27H23Cl2N3O5S/c1-30-20-6-2-5-17(11-20)15-31-27(35)24-9-3-8-23-22(24)7-4-10-25(23)32(16-26(33)34)38(36,37)21-13-18(28)12-19(29)14-21/h2-14,30H,15-16H2,1H3,(H,31,35)(H,33,34). The van der Waals surface area contributed by atoms with E-state index in [1.165, 1.54) is 24.3 Å². The number of sulfonamides is 1. The summed E-state index contributed by atoms with van der Waals surface area (Å²) in [4.78, 5) is 24.6. The zero-order chi connectivity index (χ0) is 27.4. The molecule has 0 aromatic heterocycles. The van der Waals surface area contributed by atoms with E-state index in [2.05, 4.69) is 10.6 Å². The summed E-state index contributed by atoms with van der Waals surface area (Å²) in [7, 11) is -2.59. The van der Waals surface area contributed by atoms with Crippen LogP contribution in [0.2, 0.25) is 10.0 Å². The Balaban J connectivity index is 1.75. The van der Waals surface area contributed by atoms with Crippen LogP contribution in [-0.2, 0) is 21.4 Å². The number of carbonyl (C=O) groups excluding carboxylic acids is 1. The number of anilines is 2. The third kappa shape index (κ3) is 5.85. The molecule has 11 heteroatoms. The number of carboxylic acid groups (broad SMARTS) is 1. The van der Waals surface area contributed by atoms with E-state index in [4.69, 9.17) is 23.2 Å². The highest BCUT2D eigenvalue weighted by Crippen LogP contribution is 2.34. The highest BCUT2D eigenvalue weighted by Gasteiger charge is 2.29. The topological polar surface area (TPSA) is 116 Å². The number of nitrogens with zero attached hydrogens (tertiary/aromatic N) is 1. The van der Waals surface area contributed by atoms with Crippen molar-refractivity contribution in [2.75, 3.05) is 23.2 Å². The Bertz CT molecular complexity index is 1620. The van der Waals surface area contributed by atoms with Crippen LogP contribution in [0.4, 0.5) is 11.4 Å². The second kappa shape index (κ2) is 11.3. The number of amides is 1. The van der Waals surface area contributed by atoms with Gasteiger partial charge >= 0.3 is 5.97 Å². The molecular weight excluding hydrogens is 549 g/mol. The first-order valence-electron chi connectivity index (χ1n) is 11.4. The molecule has 0 heterocycles. The molecule has 196 valence electrons. The fourth-order valence-electron chi connectivity index (χ4n) is 4.05. The highest BCUT2D eigenvalue weighted by molar-refractivity contribution is 7.92. The van der Waals surface area contributed by atoms with Crippen LogP contribution in [0, 0.1) is 0 Å². The zero-order valence-corrected chi connectivity index (χ0v) is 22.4. The van der Waals surface area contributed by atoms with Crippen LogP contribution >= 0.6 is 23.2 Å². The summed E-state index contributed by atoms with van der Waals surface area (Å²) in [6.07, 6.45) is 0. The molecule has 0 aliphatic heterocycles. The molecule has 0 saturated heterocycles. The molecule has 0 aliphatic rings. The van der Waals surface area contributed by atoms with E-state index in [0.717, 1.165) is 15.6 Å². The number of benzene rings is 4. The van der Waals surface area contributed by atoms with Crippen LogP contribution in [0.15, 0.2) is 83.8 Å². The Hall–Kier alpha value is -3.79. The van der Waals surface area contributed by atoms with Crippen molar-refractivity contribution >= 4 is 67.2 Å². The average molecular weight is 572 g/mol. The molecule has 4 aromatic carbocycles. The lowest BCUT2D eigenvalue weighted by Crippen LogP contribution is -2.36. The largest absolute Gasteiger partial charge is 0.480 e. The van der Waals surface area contributed by atoms with E-state index < -0.39 is 22.5 Å². The number of aliphatic carboxylic acids is 1. The predicted molar refractivity (Wildman–Crippen MR) is 150 cm³/mol. The Morgan fingerprint density at radius 1 is 0.895 bits per heavy atom. The maximum Gasteiger partial charge on any atom is 0.324 e. The SMILES string of the molecule is CNc1cccc(CNC(=O)c2cccc3c(N(CC(=O)O)S(=O)(=O)c4cc(Cl)cc(Cl)c4)cccc23)c1. The molecule has 0 radical (unpaired) electrons. The van der Waals surface area contributed by atoms with E-state index >= 15 is 0 Å². The van der Waals surface area contributed by atoms with Crippen LogP contribution in [0.25, 0.3) is 10.8 Å². The fourth-order valence-corrected chi connectivity index (χ4v) is 6.21. The minimum atomic E-state index is -4.39. The van der Waals surface area contributed by atoms with Crippen molar-refractivity contribution in [2.45, 2.75) is 11.4 Å². The van der Waals surface area contributed by atoms with E-state index in [1.54, 1.807) is 37.4 Å². The first kappa shape index (κ1) is 27.3. The molecule has 1 amide bonds. The van der Waals surface area contributed by atoms with Gasteiger partial charge in [-0.25, -0.2) is 8.42 Å². The van der Waals surface area contributed by atoms with Gasteiger partial charge in [-0.15, -0.1) is 0 Å². The van der Waals surface area contributed by atoms with Crippen LogP contribution < -0.4 is 14.9 Å². The third-order valence-electron chi connectivity index (χ3n) is 5.78. The first-order chi connectivity index (χ1) is 18.1. The van der Waals surface area contributed by atoms with Gasteiger partial charge in [-0.3, -0.25) is 13.9 Å². The monoisotopic (exact) mass is 571 g/mol. The van der Waals surface area contributed by atoms with Crippen molar-refractivity contribution in [1.29, 1.82) is 0 Å². The lowest BCUT2D eigenvalue weighted by Gasteiger charge is -2.25. The highest BCUT2D eigenvalue weighted by atomic mass is 35.5. The van der Waals surface area contributed by atoms with Gasteiger partial charge in [0.2, 0.25) is 0 Å². The van der Waals surface area contributed by atoms with E-state index in [0.29, 0.717) is 16.3 Å². The van der Waals surface area contributed by atoms with E-state index in [9.17, 15) is 23.1 Å². The van der Waals surface area contributed by atoms with Gasteiger partial charge in [0.25, 0.3) is 15.9 Å². The molecule has 8 nitrogen and oxygen atoms in total. The van der Waals surface area contributed by atoms with Crippen molar-refractivity contribution in [3.05, 3.63) is 100 Å². The van der Waals surface area contributed by atoms with Gasteiger partial charge in [-0.2, -0.15) is 0 Å². The van der Waals surface area contributed by atoms with Crippen molar-refractivity contribution in [1.82, 2.24) is 5.32 Å². The van der Waals surface area contributed by atoms with Gasteiger partial charge in [0.15, 0.2) is 0 Å². The maximum absolute atomic E-state index is 13.6. The molecule has 0 saturated carbocycles. The van der Waals surface area contributed by atoms with Gasteiger partial charge in [0, 0.05) is 40.3 Å². The normalized spacial score (nSPS) is 11.2. The predicted octanol–water partition coefficient (Wildman–Crippen LogP) is 5.40. The van der Waals surface area contributed by atoms with Gasteiger partial charge in [0.1, 0.15) is 6.54 Å². The lowest BCUT2D eigenvalue weighted by molar-refractivity contribution is -0.135. The minimum absolute atomic E-state index is 0.0866. The minimum Gasteiger partial charge on any atom is -0.480 e. The molecule has 0 aliphatic carbocycles. The molecule has 0 spiro atoms. The summed E-state index contributed by atoms with van der Waals surface area (Å²) in [5.74, 6) is -1.73. The zero-order valence-electron chi connectivity index (χ0n) is 20.1. The Labute approximate surface area is 229 Å². The van der Waals surface area contributed by atoms with Gasteiger partial charge < -0.3 is 15.7 Å². The number of nitrogens with one attached hydrogen (secondary N) is 2. The first-order valence-corrected chi connectivity index (χ1v) is 13.6. The Kier molecular flexibility index (Phi) is 8.11. The van der Waals surface area contributed by atoms with Gasteiger partial charge in [-0.1, -0.05) is 59.6 Å². The second-order valence-corrected chi connectivity index (χ2v) is 11.1. The van der Waals surface area contributed by atoms with E-state index in [1.807, 2.05) is 24.3 Å². The number of carboxylic acids is 1. The number of halogens is 2. The molecule has 4 rings (SSSR count). The molecule has 0 bridgehead atoms. The third-order valence-corrected chi connectivity index (χ3v) is 7.96. The fraction of sp³-hybridized carbons (Fsp3) is 0.111. The molecule has 38 heavy (non-hydrogen) atoms. The Morgan fingerprint density at radius 2 is 1.55 bits per heavy atom. The average Bonchev–Trinajstić information content (AvgIpc) is 2.89. The van der Waals surface area contributed by atoms with Gasteiger partial charge in [-0.05, 0) is 53.4 Å². The smallest absolute Gasteiger partial charge is 0.324 e. The summed E-state index contributed by atoms with van der Waals surface area (Å²) >= 11 is 12.0. The van der Waals surface area contributed by atoms with Crippen LogP contribution in [0.5, 0.6) is 0 Å². The number of rotatable bonds is 9. The number of fused-ring (bicyclic) bond motifs is 1. The summed E-state index contributed by atoms with van der Waals surface area (Å²) in [5, 5.41) is 16.5. The van der Waals surface area contributed by atoms with Gasteiger partial charge in [0.05, 0.1) is 10.6 Å². The van der Waals surface area contributed by atoms with Crippen LogP contribution in [0.1, 0.15) is 15.9 Å². The number of carbonyl (C=O) groups is 2. The summed E-state index contributed by atoms with van der Waals surface area (Å²) in [6.45, 7) is -0.580. The molecule has 3 N–H and O–H groups in total. The van der Waals surface area contributed by atoms with Crippen LogP contribution in [0.3, 0.4) is 0 Å². The number of hydrogen-bond donors (Lipinski definition) is 3. The van der Waals surface area contributed by atoms with Crippen LogP contribution in [-0.4, -0.2) is 39.0 Å². The molecule has 4 aromatic rings. The molecule has 0 atom stereocenters. The van der Waals surface area contributed by atoms with Crippen molar-refractivity contribution in [2.24, 2.45) is 0 Å². The summed E-state index contributed by atoms with van der Waals surface area (Å²) < 4.78 is 28.0. The van der Waals surface area contributed by atoms with E-state index in [-0.39, 0.29) is 33.1 Å². The second-order valence-electron chi connectivity index (χ2n) is 8.32. The Morgan fingerprint density at radius 3 is 2.24 bits per heavy atom. The van der Waals surface area contributed by atoms with Crippen molar-refractivity contribution < 1.29 is 23.1 Å². The molecule has 0 fully saturated rings. The summed E-state index contributed by atoms with van der Waals surface area (Å²) in [5.41, 5.74) is 2.21. The number of hydrogen-bond acceptors (Lipinski definition) is 5. The quantitative estimate of drug-likeness (QED) is 0.248. The summed E-state index contributed by atoms with van der Waals surface area (Å²) in [6, 6.07) is 21.0. The van der Waals surface area contributed by atoms with Crippen molar-refractivity contribution in [3.63, 3.8) is 0 Å². The van der Waals surface area contributed by atoms with Crippen molar-refractivity contribution in [3.8, 4) is 0 Å². The molecular formula is C27H23Cl2N3O5S.